The first kappa shape index (κ1) is 18.4. The molecule has 126 valence electrons. The van der Waals surface area contributed by atoms with Crippen molar-refractivity contribution in [2.75, 3.05) is 20.3 Å². The Morgan fingerprint density at radius 2 is 1.86 bits per heavy atom. The minimum Gasteiger partial charge on any atom is -0.467 e. The molecule has 0 spiro atoms. The van der Waals surface area contributed by atoms with E-state index in [2.05, 4.69) is 4.74 Å². The maximum Gasteiger partial charge on any atom is 0.344 e. The van der Waals surface area contributed by atoms with Crippen LogP contribution in [-0.4, -0.2) is 70.5 Å². The largest absolute Gasteiger partial charge is 0.467 e. The third-order valence-electron chi connectivity index (χ3n) is 3.36. The number of methoxy groups -OCH3 is 1. The maximum atomic E-state index is 12.5. The summed E-state index contributed by atoms with van der Waals surface area (Å²) in [6, 6.07) is 0. The number of carbonyl (C=O) groups is 3. The van der Waals surface area contributed by atoms with Gasteiger partial charge in [-0.15, -0.1) is 0 Å². The van der Waals surface area contributed by atoms with Gasteiger partial charge < -0.3 is 24.6 Å². The molecular formula is C14H23NO7. The Kier molecular flexibility index (Phi) is 5.53. The van der Waals surface area contributed by atoms with Gasteiger partial charge in [-0.05, 0) is 33.6 Å². The molecule has 2 N–H and O–H groups in total. The summed E-state index contributed by atoms with van der Waals surface area (Å²) >= 11 is 0. The smallest absolute Gasteiger partial charge is 0.344 e. The molecule has 2 atom stereocenters. The summed E-state index contributed by atoms with van der Waals surface area (Å²) in [4.78, 5) is 37.9. The zero-order valence-corrected chi connectivity index (χ0v) is 13.3. The van der Waals surface area contributed by atoms with Gasteiger partial charge in [0.25, 0.3) is 5.91 Å². The van der Waals surface area contributed by atoms with Crippen LogP contribution >= 0.6 is 0 Å². The van der Waals surface area contributed by atoms with Crippen LogP contribution in [0.5, 0.6) is 0 Å². The molecule has 1 fully saturated rings. The number of esters is 2. The molecule has 0 aromatic heterocycles. The quantitative estimate of drug-likeness (QED) is 0.516. The molecule has 1 rings (SSSR count). The lowest BCUT2D eigenvalue weighted by Gasteiger charge is -2.36. The van der Waals surface area contributed by atoms with Crippen molar-refractivity contribution in [1.29, 1.82) is 0 Å². The van der Waals surface area contributed by atoms with Crippen LogP contribution in [0.25, 0.3) is 0 Å². The fraction of sp³-hybridized carbons (Fsp3) is 0.786. The Morgan fingerprint density at radius 1 is 1.27 bits per heavy atom. The van der Waals surface area contributed by atoms with Crippen molar-refractivity contribution in [2.24, 2.45) is 0 Å². The monoisotopic (exact) mass is 317 g/mol. The van der Waals surface area contributed by atoms with E-state index in [-0.39, 0.29) is 13.0 Å². The van der Waals surface area contributed by atoms with Gasteiger partial charge in [0.15, 0.2) is 6.10 Å². The molecular weight excluding hydrogens is 294 g/mol. The summed E-state index contributed by atoms with van der Waals surface area (Å²) in [6.07, 6.45) is -1.29. The van der Waals surface area contributed by atoms with E-state index in [0.717, 1.165) is 12.0 Å². The van der Waals surface area contributed by atoms with Gasteiger partial charge in [0.05, 0.1) is 13.7 Å². The number of aliphatic hydroxyl groups is 2. The van der Waals surface area contributed by atoms with Crippen molar-refractivity contribution in [3.8, 4) is 0 Å². The van der Waals surface area contributed by atoms with Gasteiger partial charge in [0, 0.05) is 6.54 Å². The molecule has 1 heterocycles. The van der Waals surface area contributed by atoms with Crippen molar-refractivity contribution < 1.29 is 34.1 Å². The van der Waals surface area contributed by atoms with Crippen LogP contribution < -0.4 is 0 Å². The van der Waals surface area contributed by atoms with Crippen LogP contribution in [0, 0.1) is 0 Å². The minimum absolute atomic E-state index is 0.0402. The molecule has 0 radical (unpaired) electrons. The second-order valence-electron chi connectivity index (χ2n) is 6.15. The number of likely N-dealkylation sites (tertiary alicyclic amines) is 1. The molecule has 22 heavy (non-hydrogen) atoms. The van der Waals surface area contributed by atoms with Crippen molar-refractivity contribution in [1.82, 2.24) is 4.90 Å². The normalized spacial score (nSPS) is 23.1. The van der Waals surface area contributed by atoms with Gasteiger partial charge in [-0.1, -0.05) is 0 Å². The van der Waals surface area contributed by atoms with Crippen molar-refractivity contribution >= 4 is 17.8 Å². The highest BCUT2D eigenvalue weighted by Crippen LogP contribution is 2.34. The summed E-state index contributed by atoms with van der Waals surface area (Å²) in [7, 11) is 1.11. The van der Waals surface area contributed by atoms with Crippen LogP contribution in [0.2, 0.25) is 0 Å². The predicted molar refractivity (Wildman–Crippen MR) is 74.6 cm³/mol. The number of rotatable bonds is 4. The molecule has 1 aliphatic heterocycles. The summed E-state index contributed by atoms with van der Waals surface area (Å²) in [5.74, 6) is -2.73. The van der Waals surface area contributed by atoms with Crippen LogP contribution in [0.4, 0.5) is 0 Å². The molecule has 0 aromatic rings. The summed E-state index contributed by atoms with van der Waals surface area (Å²) in [5, 5.41) is 18.5. The van der Waals surface area contributed by atoms with Gasteiger partial charge in [-0.3, -0.25) is 4.79 Å². The molecule has 0 bridgehead atoms. The summed E-state index contributed by atoms with van der Waals surface area (Å²) in [6.45, 7) is 4.20. The lowest BCUT2D eigenvalue weighted by atomic mass is 9.95. The number of hydrogen-bond donors (Lipinski definition) is 2. The Hall–Kier alpha value is -1.67. The van der Waals surface area contributed by atoms with E-state index in [0.29, 0.717) is 6.42 Å². The first-order valence-corrected chi connectivity index (χ1v) is 7.02. The van der Waals surface area contributed by atoms with Gasteiger partial charge in [0.2, 0.25) is 5.54 Å². The second-order valence-corrected chi connectivity index (χ2v) is 6.15. The molecule has 1 saturated heterocycles. The molecule has 8 heteroatoms. The van der Waals surface area contributed by atoms with Gasteiger partial charge >= 0.3 is 11.9 Å². The third-order valence-corrected chi connectivity index (χ3v) is 3.36. The van der Waals surface area contributed by atoms with Crippen molar-refractivity contribution in [3.05, 3.63) is 0 Å². The topological polar surface area (TPSA) is 113 Å². The number of nitrogens with zero attached hydrogens (tertiary/aromatic N) is 1. The fourth-order valence-corrected chi connectivity index (χ4v) is 2.41. The number of amides is 1. The standard InChI is InChI=1S/C14H23NO7/c1-13(2,3)22-12(20)14(11(19)21-4)6-5-7-15(14)10(18)9(17)8-16/h9,16-17H,5-8H2,1-4H3/t9?,14-/m0/s1. The zero-order valence-electron chi connectivity index (χ0n) is 13.3. The number of ether oxygens (including phenoxy) is 2. The molecule has 0 aromatic carbocycles. The zero-order chi connectivity index (χ0) is 17.1. The Balaban J connectivity index is 3.23. The highest BCUT2D eigenvalue weighted by molar-refractivity contribution is 6.08. The number of aliphatic hydroxyl groups excluding tert-OH is 2. The molecule has 1 amide bonds. The summed E-state index contributed by atoms with van der Waals surface area (Å²) in [5.41, 5.74) is -2.78. The fourth-order valence-electron chi connectivity index (χ4n) is 2.41. The first-order chi connectivity index (χ1) is 10.1. The highest BCUT2D eigenvalue weighted by Gasteiger charge is 2.59. The van der Waals surface area contributed by atoms with Gasteiger partial charge in [-0.2, -0.15) is 0 Å². The lowest BCUT2D eigenvalue weighted by Crippen LogP contribution is -2.62. The Morgan fingerprint density at radius 3 is 2.32 bits per heavy atom. The van der Waals surface area contributed by atoms with Gasteiger partial charge in [-0.25, -0.2) is 9.59 Å². The first-order valence-electron chi connectivity index (χ1n) is 7.02. The van der Waals surface area contributed by atoms with Crippen LogP contribution in [-0.2, 0) is 23.9 Å². The molecule has 0 saturated carbocycles. The molecule has 0 aliphatic carbocycles. The minimum atomic E-state index is -1.92. The van der Waals surface area contributed by atoms with E-state index in [1.165, 1.54) is 0 Å². The van der Waals surface area contributed by atoms with E-state index in [9.17, 15) is 19.5 Å². The predicted octanol–water partition coefficient (Wildman–Crippen LogP) is -0.784. The van der Waals surface area contributed by atoms with Crippen LogP contribution in [0.1, 0.15) is 33.6 Å². The van der Waals surface area contributed by atoms with E-state index >= 15 is 0 Å². The molecule has 1 unspecified atom stereocenters. The molecule has 1 aliphatic rings. The van der Waals surface area contributed by atoms with Crippen molar-refractivity contribution in [2.45, 2.75) is 50.9 Å². The van der Waals surface area contributed by atoms with Crippen LogP contribution in [0.3, 0.4) is 0 Å². The average molecular weight is 317 g/mol. The number of hydrogen-bond acceptors (Lipinski definition) is 7. The maximum absolute atomic E-state index is 12.5. The van der Waals surface area contributed by atoms with E-state index in [4.69, 9.17) is 9.84 Å². The second kappa shape index (κ2) is 6.62. The van der Waals surface area contributed by atoms with Crippen molar-refractivity contribution in [3.63, 3.8) is 0 Å². The number of carbonyl (C=O) groups excluding carboxylic acids is 3. The summed E-state index contributed by atoms with van der Waals surface area (Å²) < 4.78 is 9.95. The van der Waals surface area contributed by atoms with Crippen LogP contribution in [0.15, 0.2) is 0 Å². The third kappa shape index (κ3) is 3.38. The van der Waals surface area contributed by atoms with E-state index in [1.54, 1.807) is 20.8 Å². The Bertz CT molecular complexity index is 457. The molecule has 8 nitrogen and oxygen atoms in total. The lowest BCUT2D eigenvalue weighted by molar-refractivity contribution is -0.183. The average Bonchev–Trinajstić information content (AvgIpc) is 2.88. The Labute approximate surface area is 129 Å². The van der Waals surface area contributed by atoms with E-state index < -0.39 is 41.7 Å². The van der Waals surface area contributed by atoms with Gasteiger partial charge in [0.1, 0.15) is 5.60 Å². The van der Waals surface area contributed by atoms with E-state index in [1.807, 2.05) is 0 Å². The highest BCUT2D eigenvalue weighted by atomic mass is 16.6. The SMILES string of the molecule is COC(=O)[C@]1(C(=O)OC(C)(C)C)CCCN1C(=O)C(O)CO.